The molecule has 1 aromatic carbocycles. The zero-order chi connectivity index (χ0) is 25.3. The summed E-state index contributed by atoms with van der Waals surface area (Å²) < 4.78 is 0. The van der Waals surface area contributed by atoms with Gasteiger partial charge in [0.2, 0.25) is 5.91 Å². The van der Waals surface area contributed by atoms with E-state index in [1.807, 2.05) is 6.07 Å². The smallest absolute Gasteiger partial charge is 0.259 e. The van der Waals surface area contributed by atoms with Crippen molar-refractivity contribution in [2.75, 3.05) is 13.1 Å². The molecule has 6 nitrogen and oxygen atoms in total. The number of aryl methyl sites for hydroxylation is 2. The summed E-state index contributed by atoms with van der Waals surface area (Å²) in [6.07, 6.45) is 5.84. The monoisotopic (exact) mass is 506 g/mol. The van der Waals surface area contributed by atoms with Crippen LogP contribution in [0.25, 0.3) is 10.2 Å². The maximum atomic E-state index is 12.9. The second-order valence-corrected chi connectivity index (χ2v) is 12.7. The minimum absolute atomic E-state index is 0.0396. The topological polar surface area (TPSA) is 78.1 Å². The number of nitrogens with zero attached hydrogens (tertiary/aromatic N) is 2. The van der Waals surface area contributed by atoms with E-state index in [0.717, 1.165) is 62.0 Å². The van der Waals surface area contributed by atoms with Crippen molar-refractivity contribution in [3.05, 3.63) is 62.5 Å². The molecule has 0 bridgehead atoms. The predicted molar refractivity (Wildman–Crippen MR) is 146 cm³/mol. The van der Waals surface area contributed by atoms with E-state index in [4.69, 9.17) is 4.98 Å². The Balaban J connectivity index is 1.14. The third-order valence-corrected chi connectivity index (χ3v) is 9.13. The van der Waals surface area contributed by atoms with Gasteiger partial charge in [-0.3, -0.25) is 14.5 Å². The number of aromatic amines is 1. The lowest BCUT2D eigenvalue weighted by molar-refractivity contribution is -0.122. The van der Waals surface area contributed by atoms with Gasteiger partial charge < -0.3 is 10.3 Å². The van der Waals surface area contributed by atoms with Gasteiger partial charge >= 0.3 is 0 Å². The minimum Gasteiger partial charge on any atom is -0.353 e. The van der Waals surface area contributed by atoms with Crippen LogP contribution in [0.3, 0.4) is 0 Å². The van der Waals surface area contributed by atoms with Gasteiger partial charge in [-0.15, -0.1) is 11.3 Å². The molecule has 0 unspecified atom stereocenters. The van der Waals surface area contributed by atoms with E-state index < -0.39 is 0 Å². The Morgan fingerprint density at radius 1 is 1.17 bits per heavy atom. The molecule has 0 saturated carbocycles. The van der Waals surface area contributed by atoms with Crippen LogP contribution in [0, 0.1) is 11.3 Å². The first-order chi connectivity index (χ1) is 17.3. The summed E-state index contributed by atoms with van der Waals surface area (Å²) in [6.45, 7) is 9.86. The molecule has 3 heterocycles. The van der Waals surface area contributed by atoms with E-state index in [1.165, 1.54) is 16.0 Å². The first-order valence-electron chi connectivity index (χ1n) is 13.4. The van der Waals surface area contributed by atoms with Crippen LogP contribution in [0.1, 0.15) is 68.3 Å². The fraction of sp³-hybridized carbons (Fsp3) is 0.552. The number of hydrogen-bond donors (Lipinski definition) is 2. The maximum Gasteiger partial charge on any atom is 0.259 e. The number of carbonyl (C=O) groups excluding carboxylic acids is 1. The molecule has 36 heavy (non-hydrogen) atoms. The highest BCUT2D eigenvalue weighted by molar-refractivity contribution is 7.18. The molecule has 3 aromatic rings. The molecule has 2 aromatic heterocycles. The van der Waals surface area contributed by atoms with E-state index in [9.17, 15) is 9.59 Å². The lowest BCUT2D eigenvalue weighted by Gasteiger charge is -2.33. The lowest BCUT2D eigenvalue weighted by atomic mass is 9.72. The van der Waals surface area contributed by atoms with Crippen LogP contribution in [0.15, 0.2) is 35.1 Å². The Morgan fingerprint density at radius 2 is 1.92 bits per heavy atom. The van der Waals surface area contributed by atoms with Gasteiger partial charge in [0.1, 0.15) is 10.7 Å². The fourth-order valence-electron chi connectivity index (χ4n) is 5.69. The average molecular weight is 507 g/mol. The predicted octanol–water partition coefficient (Wildman–Crippen LogP) is 4.85. The van der Waals surface area contributed by atoms with Gasteiger partial charge in [0.05, 0.1) is 5.39 Å². The third kappa shape index (κ3) is 5.73. The summed E-state index contributed by atoms with van der Waals surface area (Å²) in [5, 5.41) is 3.98. The second-order valence-electron chi connectivity index (χ2n) is 11.6. The molecule has 7 heteroatoms. The number of aromatic nitrogens is 2. The summed E-state index contributed by atoms with van der Waals surface area (Å²) in [5.41, 5.74) is 2.75. The summed E-state index contributed by atoms with van der Waals surface area (Å²) >= 11 is 1.67. The van der Waals surface area contributed by atoms with Crippen molar-refractivity contribution >= 4 is 27.5 Å². The first kappa shape index (κ1) is 25.2. The van der Waals surface area contributed by atoms with Gasteiger partial charge in [-0.05, 0) is 54.6 Å². The largest absolute Gasteiger partial charge is 0.353 e. The summed E-state index contributed by atoms with van der Waals surface area (Å²) in [6, 6.07) is 10.8. The van der Waals surface area contributed by atoms with Gasteiger partial charge in [-0.25, -0.2) is 4.98 Å². The number of carbonyl (C=O) groups is 1. The number of thiophene rings is 1. The number of benzene rings is 1. The Bertz CT molecular complexity index is 1270. The minimum atomic E-state index is -0.0482. The first-order valence-corrected chi connectivity index (χ1v) is 14.2. The van der Waals surface area contributed by atoms with Crippen LogP contribution in [0.4, 0.5) is 0 Å². The molecule has 1 atom stereocenters. The molecule has 1 aliphatic carbocycles. The number of H-pyrrole nitrogens is 1. The molecule has 5 rings (SSSR count). The van der Waals surface area contributed by atoms with Crippen molar-refractivity contribution in [3.63, 3.8) is 0 Å². The van der Waals surface area contributed by atoms with Crippen LogP contribution < -0.4 is 10.9 Å². The normalized spacial score (nSPS) is 19.4. The number of piperidine rings is 1. The van der Waals surface area contributed by atoms with Crippen LogP contribution in [-0.4, -0.2) is 39.9 Å². The highest BCUT2D eigenvalue weighted by Crippen LogP contribution is 2.42. The average Bonchev–Trinajstić information content (AvgIpc) is 3.22. The van der Waals surface area contributed by atoms with Gasteiger partial charge in [-0.1, -0.05) is 51.1 Å². The fourth-order valence-corrected chi connectivity index (χ4v) is 7.01. The molecule has 1 amide bonds. The van der Waals surface area contributed by atoms with Crippen molar-refractivity contribution in [2.24, 2.45) is 11.3 Å². The van der Waals surface area contributed by atoms with E-state index >= 15 is 0 Å². The van der Waals surface area contributed by atoms with Crippen molar-refractivity contribution < 1.29 is 4.79 Å². The van der Waals surface area contributed by atoms with Crippen molar-refractivity contribution in [1.82, 2.24) is 20.2 Å². The molecule has 0 radical (unpaired) electrons. The van der Waals surface area contributed by atoms with Crippen LogP contribution >= 0.6 is 11.3 Å². The lowest BCUT2D eigenvalue weighted by Crippen LogP contribution is -2.44. The zero-order valence-corrected chi connectivity index (χ0v) is 22.5. The Morgan fingerprint density at radius 3 is 2.64 bits per heavy atom. The summed E-state index contributed by atoms with van der Waals surface area (Å²) in [7, 11) is 0. The number of hydrogen-bond acceptors (Lipinski definition) is 5. The molecule has 1 aliphatic heterocycles. The molecule has 1 fully saturated rings. The quantitative estimate of drug-likeness (QED) is 0.501. The number of rotatable bonds is 6. The molecule has 0 spiro atoms. The van der Waals surface area contributed by atoms with E-state index in [-0.39, 0.29) is 22.9 Å². The van der Waals surface area contributed by atoms with Gasteiger partial charge in [0.15, 0.2) is 0 Å². The Hall–Kier alpha value is -2.51. The molecule has 2 aliphatic rings. The van der Waals surface area contributed by atoms with Crippen LogP contribution in [0.5, 0.6) is 0 Å². The third-order valence-electron chi connectivity index (χ3n) is 7.98. The highest BCUT2D eigenvalue weighted by Gasteiger charge is 2.31. The molecular formula is C29H38N4O2S. The van der Waals surface area contributed by atoms with Gasteiger partial charge in [0.25, 0.3) is 5.56 Å². The van der Waals surface area contributed by atoms with Crippen molar-refractivity contribution in [1.29, 1.82) is 0 Å². The Labute approximate surface area is 217 Å². The van der Waals surface area contributed by atoms with Gasteiger partial charge in [-0.2, -0.15) is 0 Å². The standard InChI is InChI=1S/C29H38N4O2S/c1-29(2,3)20-9-10-22-23(17-20)36-28-26(22)27(35)31-24(32-28)11-12-25(34)30-21-13-15-33(16-14-21)18-19-7-5-4-6-8-19/h4-8,20-21H,9-18H2,1-3H3,(H,30,34)(H,31,32,35)/t20-/m1/s1. The zero-order valence-electron chi connectivity index (χ0n) is 21.7. The number of likely N-dealkylation sites (tertiary alicyclic amines) is 1. The SMILES string of the molecule is CC(C)(C)[C@@H]1CCc2c(sc3nc(CCC(=O)NC4CCN(Cc5ccccc5)CC4)[nH]c(=O)c23)C1. The number of fused-ring (bicyclic) bond motifs is 3. The van der Waals surface area contributed by atoms with E-state index in [0.29, 0.717) is 24.6 Å². The van der Waals surface area contributed by atoms with E-state index in [2.05, 4.69) is 60.2 Å². The molecule has 192 valence electrons. The number of nitrogens with one attached hydrogen (secondary N) is 2. The highest BCUT2D eigenvalue weighted by atomic mass is 32.1. The molecule has 1 saturated heterocycles. The molecular weight excluding hydrogens is 468 g/mol. The van der Waals surface area contributed by atoms with Crippen LogP contribution in [-0.2, 0) is 30.6 Å². The van der Waals surface area contributed by atoms with Gasteiger partial charge in [0, 0.05) is 43.4 Å². The maximum absolute atomic E-state index is 12.9. The molecule has 2 N–H and O–H groups in total. The Kier molecular flexibility index (Phi) is 7.31. The number of amides is 1. The summed E-state index contributed by atoms with van der Waals surface area (Å²) in [5.74, 6) is 1.29. The van der Waals surface area contributed by atoms with Crippen LogP contribution in [0.2, 0.25) is 0 Å². The van der Waals surface area contributed by atoms with Crippen molar-refractivity contribution in [3.8, 4) is 0 Å². The second kappa shape index (κ2) is 10.5. The summed E-state index contributed by atoms with van der Waals surface area (Å²) in [4.78, 5) is 37.9. The van der Waals surface area contributed by atoms with Crippen molar-refractivity contribution in [2.45, 2.75) is 78.3 Å². The van der Waals surface area contributed by atoms with E-state index in [1.54, 1.807) is 11.3 Å².